The van der Waals surface area contributed by atoms with Gasteiger partial charge in [-0.2, -0.15) is 4.74 Å². The summed E-state index contributed by atoms with van der Waals surface area (Å²) in [7, 11) is 0. The van der Waals surface area contributed by atoms with E-state index in [2.05, 4.69) is 0 Å². The van der Waals surface area contributed by atoms with Gasteiger partial charge in [0.25, 0.3) is 0 Å². The molecule has 0 spiro atoms. The third kappa shape index (κ3) is 1.66. The summed E-state index contributed by atoms with van der Waals surface area (Å²) in [6.07, 6.45) is -0.377. The van der Waals surface area contributed by atoms with Crippen LogP contribution in [0.1, 0.15) is 19.4 Å². The zero-order valence-electron chi connectivity index (χ0n) is 9.21. The molecule has 0 bridgehead atoms. The van der Waals surface area contributed by atoms with Gasteiger partial charge in [-0.25, -0.2) is 4.79 Å². The van der Waals surface area contributed by atoms with Crippen molar-refractivity contribution in [3.05, 3.63) is 41.1 Å². The minimum absolute atomic E-state index is 0.0891. The molecule has 0 saturated carbocycles. The van der Waals surface area contributed by atoms with E-state index in [9.17, 15) is 10.0 Å². The first-order chi connectivity index (χ1) is 7.61. The summed E-state index contributed by atoms with van der Waals surface area (Å²) >= 11 is 0. The summed E-state index contributed by atoms with van der Waals surface area (Å²) in [5.41, 5.74) is 0.687. The molecule has 1 aliphatic heterocycles. The van der Waals surface area contributed by atoms with Gasteiger partial charge in [0.1, 0.15) is 0 Å². The van der Waals surface area contributed by atoms with Gasteiger partial charge in [0.15, 0.2) is 12.1 Å². The molecule has 4 heteroatoms. The van der Waals surface area contributed by atoms with Crippen molar-refractivity contribution in [2.24, 2.45) is 0 Å². The molecule has 4 nitrogen and oxygen atoms in total. The molecule has 84 valence electrons. The van der Waals surface area contributed by atoms with E-state index in [1.54, 1.807) is 38.1 Å². The Hall–Kier alpha value is -1.84. The first-order valence-corrected chi connectivity index (χ1v) is 5.21. The number of benzene rings is 1. The number of cyclic esters (lactones) is 1. The molecule has 0 N–H and O–H groups in total. The summed E-state index contributed by atoms with van der Waals surface area (Å²) < 4.78 is 5.86. The maximum atomic E-state index is 11.9. The van der Waals surface area contributed by atoms with Gasteiger partial charge in [0.05, 0.1) is 5.56 Å². The van der Waals surface area contributed by atoms with Crippen molar-refractivity contribution >= 4 is 11.7 Å². The van der Waals surface area contributed by atoms with Gasteiger partial charge in [0.2, 0.25) is 0 Å². The Morgan fingerprint density at radius 1 is 1.25 bits per heavy atom. The molecular weight excluding hydrogens is 206 g/mol. The highest BCUT2D eigenvalue weighted by Gasteiger charge is 2.37. The second-order valence-electron chi connectivity index (χ2n) is 3.89. The van der Waals surface area contributed by atoms with Gasteiger partial charge in [0, 0.05) is 6.92 Å². The van der Waals surface area contributed by atoms with Crippen LogP contribution in [-0.4, -0.2) is 28.6 Å². The van der Waals surface area contributed by atoms with Gasteiger partial charge >= 0.3 is 11.7 Å². The molecule has 1 aromatic carbocycles. The van der Waals surface area contributed by atoms with E-state index in [4.69, 9.17) is 4.74 Å². The van der Waals surface area contributed by atoms with Crippen LogP contribution >= 0.6 is 0 Å². The van der Waals surface area contributed by atoms with Gasteiger partial charge in [-0.15, -0.1) is 0 Å². The number of hydroxylamine groups is 1. The monoisotopic (exact) mass is 219 g/mol. The van der Waals surface area contributed by atoms with Crippen LogP contribution in [0, 0.1) is 5.21 Å². The molecule has 1 aliphatic rings. The Morgan fingerprint density at radius 2 is 1.88 bits per heavy atom. The van der Waals surface area contributed by atoms with Gasteiger partial charge in [-0.05, 0) is 19.1 Å². The summed E-state index contributed by atoms with van der Waals surface area (Å²) in [4.78, 5) is 11.7. The predicted octanol–water partition coefficient (Wildman–Crippen LogP) is 1.32. The largest absolute Gasteiger partial charge is 0.623 e. The average Bonchev–Trinajstić information content (AvgIpc) is 2.28. The van der Waals surface area contributed by atoms with E-state index < -0.39 is 5.97 Å². The standard InChI is InChI=1S/C12H13NO3/c1-8-9(2)16-12(14)11(13(8)15)10-6-4-3-5-7-10/h3-9H,1-2H3/t8-,9-/m0/s1. The topological polar surface area (TPSA) is 52.4 Å². The fraction of sp³-hybridized carbons (Fsp3) is 0.333. The average molecular weight is 219 g/mol. The highest BCUT2D eigenvalue weighted by Crippen LogP contribution is 2.14. The molecule has 1 heterocycles. The lowest BCUT2D eigenvalue weighted by Gasteiger charge is -2.26. The lowest BCUT2D eigenvalue weighted by molar-refractivity contribution is -0.513. The predicted molar refractivity (Wildman–Crippen MR) is 59.2 cm³/mol. The van der Waals surface area contributed by atoms with E-state index in [1.807, 2.05) is 6.07 Å². The number of nitrogens with zero attached hydrogens (tertiary/aromatic N) is 1. The second kappa shape index (κ2) is 3.96. The maximum absolute atomic E-state index is 11.9. The van der Waals surface area contributed by atoms with E-state index in [0.29, 0.717) is 5.56 Å². The molecule has 2 atom stereocenters. The van der Waals surface area contributed by atoms with Crippen molar-refractivity contribution in [2.45, 2.75) is 26.0 Å². The van der Waals surface area contributed by atoms with Crippen LogP contribution in [0.25, 0.3) is 0 Å². The Kier molecular flexibility index (Phi) is 2.64. The molecular formula is C12H13NO3. The number of ether oxygens (including phenoxy) is 1. The van der Waals surface area contributed by atoms with Crippen LogP contribution in [0.3, 0.4) is 0 Å². The number of carbonyl (C=O) groups excluding carboxylic acids is 1. The number of hydrogen-bond donors (Lipinski definition) is 0. The molecule has 16 heavy (non-hydrogen) atoms. The summed E-state index contributed by atoms with van der Waals surface area (Å²) in [6, 6.07) is 8.50. The van der Waals surface area contributed by atoms with Crippen molar-refractivity contribution in [1.29, 1.82) is 0 Å². The third-order valence-corrected chi connectivity index (χ3v) is 2.80. The van der Waals surface area contributed by atoms with Gasteiger partial charge in [-0.1, -0.05) is 18.2 Å². The number of rotatable bonds is 1. The minimum atomic E-state index is -0.549. The first-order valence-electron chi connectivity index (χ1n) is 5.21. The van der Waals surface area contributed by atoms with E-state index >= 15 is 0 Å². The third-order valence-electron chi connectivity index (χ3n) is 2.80. The smallest absolute Gasteiger partial charge is 0.405 e. The van der Waals surface area contributed by atoms with Crippen LogP contribution in [-0.2, 0) is 9.53 Å². The Labute approximate surface area is 93.7 Å². The number of esters is 1. The lowest BCUT2D eigenvalue weighted by atomic mass is 10.1. The molecule has 0 amide bonds. The van der Waals surface area contributed by atoms with Crippen molar-refractivity contribution < 1.29 is 14.3 Å². The molecule has 0 saturated heterocycles. The van der Waals surface area contributed by atoms with Crippen molar-refractivity contribution in [3.63, 3.8) is 0 Å². The van der Waals surface area contributed by atoms with E-state index in [0.717, 1.165) is 4.74 Å². The number of hydrogen-bond acceptors (Lipinski definition) is 3. The maximum Gasteiger partial charge on any atom is 0.405 e. The zero-order chi connectivity index (χ0) is 11.7. The normalized spacial score (nSPS) is 25.5. The molecule has 0 aliphatic carbocycles. The quantitative estimate of drug-likeness (QED) is 0.406. The Balaban J connectivity index is 2.50. The van der Waals surface area contributed by atoms with Crippen LogP contribution in [0.5, 0.6) is 0 Å². The van der Waals surface area contributed by atoms with Crippen molar-refractivity contribution in [3.8, 4) is 0 Å². The Morgan fingerprint density at radius 3 is 2.50 bits per heavy atom. The highest BCUT2D eigenvalue weighted by atomic mass is 16.6. The fourth-order valence-electron chi connectivity index (χ4n) is 1.65. The minimum Gasteiger partial charge on any atom is -0.623 e. The molecule has 2 rings (SSSR count). The second-order valence-corrected chi connectivity index (χ2v) is 3.89. The van der Waals surface area contributed by atoms with Crippen molar-refractivity contribution in [2.75, 3.05) is 0 Å². The SMILES string of the molecule is C[C@@H]1OC(=O)C(c2ccccc2)=[N+]([O-])[C@H]1C. The Bertz CT molecular complexity index is 439. The molecule has 0 radical (unpaired) electrons. The summed E-state index contributed by atoms with van der Waals surface area (Å²) in [5, 5.41) is 11.9. The molecule has 0 fully saturated rings. The lowest BCUT2D eigenvalue weighted by Crippen LogP contribution is -2.46. The van der Waals surface area contributed by atoms with E-state index in [1.165, 1.54) is 0 Å². The zero-order valence-corrected chi connectivity index (χ0v) is 9.21. The van der Waals surface area contributed by atoms with Gasteiger partial charge in [-0.3, -0.25) is 0 Å². The van der Waals surface area contributed by atoms with Crippen molar-refractivity contribution in [1.82, 2.24) is 0 Å². The van der Waals surface area contributed by atoms with Crippen LogP contribution < -0.4 is 0 Å². The van der Waals surface area contributed by atoms with Crippen LogP contribution in [0.2, 0.25) is 0 Å². The number of carbonyl (C=O) groups is 1. The van der Waals surface area contributed by atoms with Crippen LogP contribution in [0.4, 0.5) is 0 Å². The summed E-state index contributed by atoms with van der Waals surface area (Å²) in [6.45, 7) is 3.46. The van der Waals surface area contributed by atoms with Gasteiger partial charge < -0.3 is 9.94 Å². The fourth-order valence-corrected chi connectivity index (χ4v) is 1.65. The summed E-state index contributed by atoms with van der Waals surface area (Å²) in [5.74, 6) is -0.549. The molecule has 1 aromatic rings. The highest BCUT2D eigenvalue weighted by molar-refractivity contribution is 6.41. The molecule has 0 aromatic heterocycles. The van der Waals surface area contributed by atoms with E-state index in [-0.39, 0.29) is 17.9 Å². The van der Waals surface area contributed by atoms with Crippen LogP contribution in [0.15, 0.2) is 30.3 Å². The molecule has 0 unspecified atom stereocenters. The first kappa shape index (κ1) is 10.7.